The summed E-state index contributed by atoms with van der Waals surface area (Å²) in [5.41, 5.74) is 1.20. The second-order valence-corrected chi connectivity index (χ2v) is 4.90. The minimum absolute atomic E-state index is 0.418. The Hall–Kier alpha value is -0.310. The molecule has 2 nitrogen and oxygen atoms in total. The molecular weight excluding hydrogens is 208 g/mol. The molecule has 0 radical (unpaired) electrons. The van der Waals surface area contributed by atoms with Crippen LogP contribution < -0.4 is 5.32 Å². The van der Waals surface area contributed by atoms with Crippen LogP contribution in [0.15, 0.2) is 22.8 Å². The van der Waals surface area contributed by atoms with Gasteiger partial charge in [-0.25, -0.2) is 0 Å². The standard InChI is InChI=1S/C12H19ClN2/c1-10-4-5-11(8-12(10)13)14-9-15-6-2-3-7-15/h4-5,11,14H,2-3,6-9H2,1H3. The van der Waals surface area contributed by atoms with Gasteiger partial charge in [-0.15, -0.1) is 0 Å². The van der Waals surface area contributed by atoms with Crippen molar-refractivity contribution in [2.24, 2.45) is 0 Å². The zero-order valence-electron chi connectivity index (χ0n) is 9.30. The van der Waals surface area contributed by atoms with Crippen LogP contribution >= 0.6 is 11.6 Å². The summed E-state index contributed by atoms with van der Waals surface area (Å²) in [6, 6.07) is 0.418. The van der Waals surface area contributed by atoms with Gasteiger partial charge >= 0.3 is 0 Å². The van der Waals surface area contributed by atoms with Gasteiger partial charge in [0.25, 0.3) is 0 Å². The van der Waals surface area contributed by atoms with Gasteiger partial charge in [-0.3, -0.25) is 10.2 Å². The Bertz CT molecular complexity index is 277. The second-order valence-electron chi connectivity index (χ2n) is 4.45. The summed E-state index contributed by atoms with van der Waals surface area (Å²) < 4.78 is 0. The summed E-state index contributed by atoms with van der Waals surface area (Å²) in [5.74, 6) is 0. The molecule has 1 unspecified atom stereocenters. The maximum atomic E-state index is 6.13. The zero-order chi connectivity index (χ0) is 10.7. The molecule has 2 rings (SSSR count). The molecule has 0 aromatic heterocycles. The fraction of sp³-hybridized carbons (Fsp3) is 0.667. The molecule has 1 N–H and O–H groups in total. The molecule has 15 heavy (non-hydrogen) atoms. The Morgan fingerprint density at radius 2 is 2.20 bits per heavy atom. The first-order valence-electron chi connectivity index (χ1n) is 5.75. The Morgan fingerprint density at radius 3 is 2.87 bits per heavy atom. The number of allylic oxidation sites excluding steroid dienone is 2. The van der Waals surface area contributed by atoms with E-state index >= 15 is 0 Å². The molecule has 3 heteroatoms. The van der Waals surface area contributed by atoms with Crippen molar-refractivity contribution in [2.45, 2.75) is 32.2 Å². The SMILES string of the molecule is CC1=C(Cl)CC(NCN2CCCC2)C=C1. The average Bonchev–Trinajstić information content (AvgIpc) is 2.73. The van der Waals surface area contributed by atoms with Crippen LogP contribution in [0.2, 0.25) is 0 Å². The maximum Gasteiger partial charge on any atom is 0.0485 e. The minimum Gasteiger partial charge on any atom is -0.298 e. The van der Waals surface area contributed by atoms with Crippen molar-refractivity contribution in [3.05, 3.63) is 22.8 Å². The van der Waals surface area contributed by atoms with Crippen molar-refractivity contribution >= 4 is 11.6 Å². The van der Waals surface area contributed by atoms with Gasteiger partial charge in [-0.1, -0.05) is 23.8 Å². The number of likely N-dealkylation sites (tertiary alicyclic amines) is 1. The second kappa shape index (κ2) is 5.15. The molecule has 0 bridgehead atoms. The molecular formula is C12H19ClN2. The van der Waals surface area contributed by atoms with Gasteiger partial charge in [-0.05, 0) is 38.4 Å². The number of nitrogens with one attached hydrogen (secondary N) is 1. The lowest BCUT2D eigenvalue weighted by Gasteiger charge is -2.23. The Kier molecular flexibility index (Phi) is 3.84. The van der Waals surface area contributed by atoms with Gasteiger partial charge in [0.15, 0.2) is 0 Å². The molecule has 0 aromatic rings. The topological polar surface area (TPSA) is 15.3 Å². The molecule has 2 aliphatic rings. The van der Waals surface area contributed by atoms with E-state index in [4.69, 9.17) is 11.6 Å². The highest BCUT2D eigenvalue weighted by atomic mass is 35.5. The molecule has 0 spiro atoms. The fourth-order valence-electron chi connectivity index (χ4n) is 2.10. The summed E-state index contributed by atoms with van der Waals surface area (Å²) in [5, 5.41) is 4.53. The largest absolute Gasteiger partial charge is 0.298 e. The van der Waals surface area contributed by atoms with Crippen LogP contribution in [0.1, 0.15) is 26.2 Å². The van der Waals surface area contributed by atoms with Gasteiger partial charge < -0.3 is 0 Å². The predicted molar refractivity (Wildman–Crippen MR) is 64.9 cm³/mol. The molecule has 1 saturated heterocycles. The first kappa shape index (κ1) is 11.2. The lowest BCUT2D eigenvalue weighted by atomic mass is 10.0. The Morgan fingerprint density at radius 1 is 1.47 bits per heavy atom. The maximum absolute atomic E-state index is 6.13. The molecule has 1 atom stereocenters. The number of hydrogen-bond donors (Lipinski definition) is 1. The van der Waals surface area contributed by atoms with Gasteiger partial charge in [0.1, 0.15) is 0 Å². The van der Waals surface area contributed by atoms with Crippen molar-refractivity contribution in [3.8, 4) is 0 Å². The van der Waals surface area contributed by atoms with Crippen molar-refractivity contribution in [1.29, 1.82) is 0 Å². The smallest absolute Gasteiger partial charge is 0.0485 e. The van der Waals surface area contributed by atoms with Gasteiger partial charge in [0.2, 0.25) is 0 Å². The van der Waals surface area contributed by atoms with E-state index in [1.165, 1.54) is 31.5 Å². The summed E-state index contributed by atoms with van der Waals surface area (Å²) in [7, 11) is 0. The summed E-state index contributed by atoms with van der Waals surface area (Å²) in [6.07, 6.45) is 7.98. The number of hydrogen-bond acceptors (Lipinski definition) is 2. The van der Waals surface area contributed by atoms with E-state index in [1.807, 2.05) is 0 Å². The van der Waals surface area contributed by atoms with Crippen LogP contribution in [-0.2, 0) is 0 Å². The molecule has 0 amide bonds. The summed E-state index contributed by atoms with van der Waals surface area (Å²) in [6.45, 7) is 5.55. The number of nitrogens with zero attached hydrogens (tertiary/aromatic N) is 1. The van der Waals surface area contributed by atoms with E-state index in [-0.39, 0.29) is 0 Å². The highest BCUT2D eigenvalue weighted by Gasteiger charge is 2.15. The van der Waals surface area contributed by atoms with Crippen molar-refractivity contribution < 1.29 is 0 Å². The molecule has 0 saturated carbocycles. The van der Waals surface area contributed by atoms with Crippen LogP contribution in [0, 0.1) is 0 Å². The quantitative estimate of drug-likeness (QED) is 0.796. The highest BCUT2D eigenvalue weighted by molar-refractivity contribution is 6.30. The van der Waals surface area contributed by atoms with E-state index in [0.29, 0.717) is 6.04 Å². The van der Waals surface area contributed by atoms with Crippen LogP contribution in [0.4, 0.5) is 0 Å². The lowest BCUT2D eigenvalue weighted by molar-refractivity contribution is 0.299. The third-order valence-electron chi connectivity index (χ3n) is 3.18. The van der Waals surface area contributed by atoms with Crippen molar-refractivity contribution in [1.82, 2.24) is 10.2 Å². The Balaban J connectivity index is 1.75. The molecule has 1 aliphatic heterocycles. The van der Waals surface area contributed by atoms with E-state index in [1.54, 1.807) is 0 Å². The molecule has 1 fully saturated rings. The van der Waals surface area contributed by atoms with E-state index in [0.717, 1.165) is 18.1 Å². The molecule has 84 valence electrons. The lowest BCUT2D eigenvalue weighted by Crippen LogP contribution is -2.38. The van der Waals surface area contributed by atoms with Crippen molar-refractivity contribution in [2.75, 3.05) is 19.8 Å². The fourth-order valence-corrected chi connectivity index (χ4v) is 2.33. The minimum atomic E-state index is 0.418. The molecule has 1 aliphatic carbocycles. The number of halogens is 1. The monoisotopic (exact) mass is 226 g/mol. The van der Waals surface area contributed by atoms with Crippen molar-refractivity contribution in [3.63, 3.8) is 0 Å². The first-order chi connectivity index (χ1) is 7.25. The zero-order valence-corrected chi connectivity index (χ0v) is 10.1. The third-order valence-corrected chi connectivity index (χ3v) is 3.63. The number of rotatable bonds is 3. The van der Waals surface area contributed by atoms with Crippen LogP contribution in [-0.4, -0.2) is 30.7 Å². The first-order valence-corrected chi connectivity index (χ1v) is 6.13. The summed E-state index contributed by atoms with van der Waals surface area (Å²) >= 11 is 6.13. The van der Waals surface area contributed by atoms with E-state index in [2.05, 4.69) is 29.3 Å². The normalized spacial score (nSPS) is 27.7. The Labute approximate surface area is 97.0 Å². The highest BCUT2D eigenvalue weighted by Crippen LogP contribution is 2.22. The molecule has 0 aromatic carbocycles. The van der Waals surface area contributed by atoms with Crippen LogP contribution in [0.5, 0.6) is 0 Å². The average molecular weight is 227 g/mol. The summed E-state index contributed by atoms with van der Waals surface area (Å²) in [4.78, 5) is 2.47. The van der Waals surface area contributed by atoms with E-state index in [9.17, 15) is 0 Å². The van der Waals surface area contributed by atoms with Gasteiger partial charge in [0.05, 0.1) is 0 Å². The van der Waals surface area contributed by atoms with Gasteiger partial charge in [-0.2, -0.15) is 0 Å². The third kappa shape index (κ3) is 3.07. The van der Waals surface area contributed by atoms with Gasteiger partial charge in [0, 0.05) is 24.2 Å². The van der Waals surface area contributed by atoms with E-state index < -0.39 is 0 Å². The van der Waals surface area contributed by atoms with Crippen LogP contribution in [0.3, 0.4) is 0 Å². The van der Waals surface area contributed by atoms with Crippen LogP contribution in [0.25, 0.3) is 0 Å². The predicted octanol–water partition coefficient (Wildman–Crippen LogP) is 2.47. The molecule has 1 heterocycles.